The van der Waals surface area contributed by atoms with Crippen LogP contribution in [0.25, 0.3) is 0 Å². The van der Waals surface area contributed by atoms with Crippen LogP contribution in [0.15, 0.2) is 34.3 Å². The highest BCUT2D eigenvalue weighted by Crippen LogP contribution is 2.40. The molecule has 1 saturated carbocycles. The van der Waals surface area contributed by atoms with Crippen LogP contribution in [0, 0.1) is 5.92 Å². The summed E-state index contributed by atoms with van der Waals surface area (Å²) in [4.78, 5) is 38.5. The number of amides is 1. The third kappa shape index (κ3) is 4.16. The second-order valence-corrected chi connectivity index (χ2v) is 8.68. The van der Waals surface area contributed by atoms with Crippen molar-refractivity contribution in [1.82, 2.24) is 4.90 Å². The molecular formula is C23H32N6O3. The second kappa shape index (κ2) is 9.18. The molecule has 1 aromatic carbocycles. The minimum atomic E-state index is -0.625. The fraction of sp³-hybridized carbons (Fsp3) is 0.565. The van der Waals surface area contributed by atoms with Gasteiger partial charge in [-0.3, -0.25) is 14.5 Å². The van der Waals surface area contributed by atoms with E-state index in [9.17, 15) is 9.59 Å². The summed E-state index contributed by atoms with van der Waals surface area (Å²) < 4.78 is 5.19. The number of anilines is 1. The zero-order valence-corrected chi connectivity index (χ0v) is 18.6. The van der Waals surface area contributed by atoms with Crippen LogP contribution in [0.1, 0.15) is 62.2 Å². The highest BCUT2D eigenvalue weighted by molar-refractivity contribution is 6.10. The molecule has 2 aliphatic heterocycles. The summed E-state index contributed by atoms with van der Waals surface area (Å²) in [6.45, 7) is 3.08. The Labute approximate surface area is 188 Å². The quantitative estimate of drug-likeness (QED) is 0.691. The zero-order chi connectivity index (χ0) is 22.7. The number of nitrogens with two attached hydrogens (primary N) is 2. The molecule has 2 heterocycles. The number of para-hydroxylation sites is 1. The van der Waals surface area contributed by atoms with Crippen LogP contribution in [0.4, 0.5) is 5.69 Å². The number of aliphatic imine (C=N–C) groups is 2. The lowest BCUT2D eigenvalue weighted by molar-refractivity contribution is -0.149. The number of carbonyl (C=O) groups excluding carboxylic acids is 2. The molecule has 3 aliphatic rings. The lowest BCUT2D eigenvalue weighted by atomic mass is 9.87. The van der Waals surface area contributed by atoms with Gasteiger partial charge in [-0.05, 0) is 57.6 Å². The number of guanidine groups is 2. The Morgan fingerprint density at radius 2 is 1.91 bits per heavy atom. The lowest BCUT2D eigenvalue weighted by Gasteiger charge is -2.46. The Morgan fingerprint density at radius 1 is 1.16 bits per heavy atom. The number of esters is 1. The number of rotatable bonds is 4. The van der Waals surface area contributed by atoms with Crippen LogP contribution in [-0.4, -0.2) is 54.1 Å². The number of likely N-dealkylation sites (tertiary alicyclic amines) is 1. The maximum absolute atomic E-state index is 13.6. The van der Waals surface area contributed by atoms with Crippen LogP contribution < -0.4 is 16.4 Å². The number of ether oxygens (including phenoxy) is 1. The standard InChI is InChI=1S/C23H32N6O3/c1-2-32-20(31)16-9-8-14-28(15-16)19(30)17-10-4-5-11-18(17)29-22(25)26-21(24)27-23(29)12-6-3-7-13-23/h4-5,10-11,16H,2-3,6-9,12-15H2,1H3,(H4,24,25,26,27). The third-order valence-electron chi connectivity index (χ3n) is 6.56. The van der Waals surface area contributed by atoms with E-state index in [4.69, 9.17) is 21.2 Å². The predicted octanol–water partition coefficient (Wildman–Crippen LogP) is 2.21. The zero-order valence-electron chi connectivity index (χ0n) is 18.6. The van der Waals surface area contributed by atoms with Gasteiger partial charge in [0.1, 0.15) is 5.66 Å². The minimum absolute atomic E-state index is 0.129. The fourth-order valence-electron chi connectivity index (χ4n) is 5.10. The summed E-state index contributed by atoms with van der Waals surface area (Å²) in [5, 5.41) is 0. The van der Waals surface area contributed by atoms with Crippen LogP contribution in [0.5, 0.6) is 0 Å². The minimum Gasteiger partial charge on any atom is -0.466 e. The van der Waals surface area contributed by atoms with E-state index < -0.39 is 5.66 Å². The molecule has 1 amide bonds. The van der Waals surface area contributed by atoms with E-state index in [2.05, 4.69) is 4.99 Å². The number of benzene rings is 1. The maximum atomic E-state index is 13.6. The number of hydrogen-bond acceptors (Lipinski definition) is 8. The number of carbonyl (C=O) groups is 2. The molecule has 4 N–H and O–H groups in total. The molecular weight excluding hydrogens is 408 g/mol. The van der Waals surface area contributed by atoms with Gasteiger partial charge in [-0.25, -0.2) is 4.99 Å². The topological polar surface area (TPSA) is 127 Å². The molecule has 1 aliphatic carbocycles. The SMILES string of the molecule is CCOC(=O)C1CCCN(C(=O)c2ccccc2N2C(N)=NC(N)=NC23CCCCC3)C1. The Balaban J connectivity index is 1.66. The maximum Gasteiger partial charge on any atom is 0.310 e. The van der Waals surface area contributed by atoms with E-state index in [-0.39, 0.29) is 29.7 Å². The summed E-state index contributed by atoms with van der Waals surface area (Å²) in [7, 11) is 0. The number of hydrogen-bond donors (Lipinski definition) is 2. The van der Waals surface area contributed by atoms with Gasteiger partial charge in [0.25, 0.3) is 5.91 Å². The van der Waals surface area contributed by atoms with E-state index in [0.29, 0.717) is 30.9 Å². The summed E-state index contributed by atoms with van der Waals surface area (Å²) in [6, 6.07) is 7.41. The van der Waals surface area contributed by atoms with Gasteiger partial charge in [-0.1, -0.05) is 18.6 Å². The highest BCUT2D eigenvalue weighted by atomic mass is 16.5. The first-order valence-electron chi connectivity index (χ1n) is 11.5. The predicted molar refractivity (Wildman–Crippen MR) is 123 cm³/mol. The van der Waals surface area contributed by atoms with Crippen molar-refractivity contribution in [1.29, 1.82) is 0 Å². The first-order chi connectivity index (χ1) is 15.4. The average Bonchev–Trinajstić information content (AvgIpc) is 2.79. The molecule has 9 nitrogen and oxygen atoms in total. The molecule has 1 atom stereocenters. The van der Waals surface area contributed by atoms with Crippen molar-refractivity contribution in [3.8, 4) is 0 Å². The molecule has 1 spiro atoms. The van der Waals surface area contributed by atoms with Crippen molar-refractivity contribution in [2.75, 3.05) is 24.6 Å². The monoisotopic (exact) mass is 440 g/mol. The second-order valence-electron chi connectivity index (χ2n) is 8.68. The summed E-state index contributed by atoms with van der Waals surface area (Å²) >= 11 is 0. The van der Waals surface area contributed by atoms with E-state index in [0.717, 1.165) is 44.9 Å². The van der Waals surface area contributed by atoms with Crippen molar-refractivity contribution >= 4 is 29.5 Å². The third-order valence-corrected chi connectivity index (χ3v) is 6.56. The smallest absolute Gasteiger partial charge is 0.310 e. The molecule has 9 heteroatoms. The largest absolute Gasteiger partial charge is 0.466 e. The van der Waals surface area contributed by atoms with Crippen LogP contribution in [0.2, 0.25) is 0 Å². The first kappa shape index (κ1) is 22.1. The number of piperidine rings is 1. The van der Waals surface area contributed by atoms with Crippen molar-refractivity contribution in [2.24, 2.45) is 27.4 Å². The van der Waals surface area contributed by atoms with Gasteiger partial charge in [-0.15, -0.1) is 0 Å². The van der Waals surface area contributed by atoms with Gasteiger partial charge in [0.05, 0.1) is 23.8 Å². The molecule has 0 aromatic heterocycles. The highest BCUT2D eigenvalue weighted by Gasteiger charge is 2.44. The van der Waals surface area contributed by atoms with Crippen LogP contribution in [0.3, 0.4) is 0 Å². The van der Waals surface area contributed by atoms with Crippen molar-refractivity contribution < 1.29 is 14.3 Å². The number of nitrogens with zero attached hydrogens (tertiary/aromatic N) is 4. The molecule has 1 saturated heterocycles. The Kier molecular flexibility index (Phi) is 6.34. The summed E-state index contributed by atoms with van der Waals surface area (Å²) in [5.74, 6) is -0.233. The van der Waals surface area contributed by atoms with Crippen LogP contribution in [-0.2, 0) is 9.53 Å². The average molecular weight is 441 g/mol. The molecule has 0 bridgehead atoms. The first-order valence-corrected chi connectivity index (χ1v) is 11.5. The molecule has 1 unspecified atom stereocenters. The lowest BCUT2D eigenvalue weighted by Crippen LogP contribution is -2.58. The van der Waals surface area contributed by atoms with Gasteiger partial charge in [0.2, 0.25) is 11.9 Å². The summed E-state index contributed by atoms with van der Waals surface area (Å²) in [6.07, 6.45) is 6.21. The Morgan fingerprint density at radius 3 is 2.66 bits per heavy atom. The van der Waals surface area contributed by atoms with Gasteiger partial charge in [-0.2, -0.15) is 4.99 Å². The molecule has 1 aromatic rings. The van der Waals surface area contributed by atoms with E-state index in [1.807, 2.05) is 23.1 Å². The van der Waals surface area contributed by atoms with Gasteiger partial charge >= 0.3 is 5.97 Å². The van der Waals surface area contributed by atoms with Crippen molar-refractivity contribution in [3.63, 3.8) is 0 Å². The van der Waals surface area contributed by atoms with Crippen LogP contribution >= 0.6 is 0 Å². The van der Waals surface area contributed by atoms with E-state index >= 15 is 0 Å². The molecule has 4 rings (SSSR count). The van der Waals surface area contributed by atoms with Gasteiger partial charge in [0, 0.05) is 13.1 Å². The van der Waals surface area contributed by atoms with Crippen molar-refractivity contribution in [2.45, 2.75) is 57.5 Å². The molecule has 32 heavy (non-hydrogen) atoms. The van der Waals surface area contributed by atoms with Gasteiger partial charge < -0.3 is 21.1 Å². The normalized spacial score (nSPS) is 22.8. The van der Waals surface area contributed by atoms with E-state index in [1.54, 1.807) is 17.9 Å². The molecule has 172 valence electrons. The Hall–Kier alpha value is -3.10. The van der Waals surface area contributed by atoms with Gasteiger partial charge in [0.15, 0.2) is 0 Å². The summed E-state index contributed by atoms with van der Waals surface area (Å²) in [5.41, 5.74) is 12.9. The molecule has 0 radical (unpaired) electrons. The molecule has 2 fully saturated rings. The van der Waals surface area contributed by atoms with Crippen molar-refractivity contribution in [3.05, 3.63) is 29.8 Å². The fourth-order valence-corrected chi connectivity index (χ4v) is 5.10. The van der Waals surface area contributed by atoms with E-state index in [1.165, 1.54) is 0 Å². The Bertz CT molecular complexity index is 937.